The number of aliphatic carboxylic acids is 1. The molecule has 0 aromatic carbocycles. The van der Waals surface area contributed by atoms with E-state index in [2.05, 4.69) is 25.7 Å². The normalized spacial score (nSPS) is 12.0. The molecule has 0 radical (unpaired) electrons. The number of carbonyl (C=O) groups is 2. The van der Waals surface area contributed by atoms with Gasteiger partial charge >= 0.3 is 12.0 Å². The summed E-state index contributed by atoms with van der Waals surface area (Å²) in [5.74, 6) is -0.413. The zero-order valence-corrected chi connectivity index (χ0v) is 12.9. The van der Waals surface area contributed by atoms with Crippen molar-refractivity contribution in [3.8, 4) is 0 Å². The average molecular weight is 284 g/mol. The number of hydrogen-bond donors (Lipinski definition) is 2. The van der Waals surface area contributed by atoms with Crippen LogP contribution in [-0.2, 0) is 4.79 Å². The van der Waals surface area contributed by atoms with E-state index in [4.69, 9.17) is 5.11 Å². The second-order valence-corrected chi connectivity index (χ2v) is 5.63. The molecule has 0 rings (SSSR count). The number of rotatable bonds is 10. The van der Waals surface area contributed by atoms with Gasteiger partial charge in [0, 0.05) is 26.6 Å². The molecule has 2 N–H and O–H groups in total. The van der Waals surface area contributed by atoms with Gasteiger partial charge in [0.15, 0.2) is 0 Å². The minimum Gasteiger partial charge on any atom is -0.481 e. The van der Waals surface area contributed by atoms with E-state index in [1.54, 1.807) is 11.9 Å². The Morgan fingerprint density at radius 1 is 1.40 bits per heavy atom. The van der Waals surface area contributed by atoms with Gasteiger partial charge in [0.2, 0.25) is 0 Å². The van der Waals surface area contributed by atoms with Gasteiger partial charge < -0.3 is 15.3 Å². The summed E-state index contributed by atoms with van der Waals surface area (Å²) in [6, 6.07) is -0.145. The van der Waals surface area contributed by atoms with Crippen LogP contribution in [0.1, 0.15) is 39.5 Å². The van der Waals surface area contributed by atoms with E-state index in [-0.39, 0.29) is 18.4 Å². The highest BCUT2D eigenvalue weighted by atomic mass is 16.4. The molecule has 0 aromatic heterocycles. The molecule has 20 heavy (non-hydrogen) atoms. The fraction of sp³-hybridized carbons (Fsp3) is 0.733. The molecule has 5 heteroatoms. The smallest absolute Gasteiger partial charge is 0.317 e. The zero-order chi connectivity index (χ0) is 15.5. The van der Waals surface area contributed by atoms with E-state index < -0.39 is 5.97 Å². The van der Waals surface area contributed by atoms with Crippen LogP contribution in [0.2, 0.25) is 0 Å². The van der Waals surface area contributed by atoms with Crippen LogP contribution in [0.3, 0.4) is 0 Å². The fourth-order valence-corrected chi connectivity index (χ4v) is 2.09. The SMILES string of the molecule is C=CCCCN(C)C(=O)NC[C@H](CC(=O)O)CC(C)C. The van der Waals surface area contributed by atoms with Crippen molar-refractivity contribution in [3.63, 3.8) is 0 Å². The summed E-state index contributed by atoms with van der Waals surface area (Å²) in [4.78, 5) is 24.3. The fourth-order valence-electron chi connectivity index (χ4n) is 2.09. The third-order valence-corrected chi connectivity index (χ3v) is 3.06. The topological polar surface area (TPSA) is 69.6 Å². The van der Waals surface area contributed by atoms with Crippen LogP contribution in [-0.4, -0.2) is 42.1 Å². The maximum absolute atomic E-state index is 11.9. The van der Waals surface area contributed by atoms with Gasteiger partial charge in [0.25, 0.3) is 0 Å². The third kappa shape index (κ3) is 9.42. The Balaban J connectivity index is 4.14. The lowest BCUT2D eigenvalue weighted by Gasteiger charge is -2.21. The highest BCUT2D eigenvalue weighted by molar-refractivity contribution is 5.74. The number of hydrogen-bond acceptors (Lipinski definition) is 2. The minimum absolute atomic E-state index is 0.0157. The number of carboxylic acid groups (broad SMARTS) is 1. The lowest BCUT2D eigenvalue weighted by Crippen LogP contribution is -2.40. The zero-order valence-electron chi connectivity index (χ0n) is 12.9. The molecular formula is C15H28N2O3. The number of carboxylic acids is 1. The predicted octanol–water partition coefficient (Wildman–Crippen LogP) is 2.73. The molecule has 0 aliphatic heterocycles. The Labute approximate surface area is 122 Å². The summed E-state index contributed by atoms with van der Waals surface area (Å²) in [5.41, 5.74) is 0. The molecule has 0 spiro atoms. The number of nitrogens with one attached hydrogen (secondary N) is 1. The molecule has 0 unspecified atom stereocenters. The Morgan fingerprint density at radius 3 is 2.55 bits per heavy atom. The lowest BCUT2D eigenvalue weighted by molar-refractivity contribution is -0.138. The van der Waals surface area contributed by atoms with E-state index >= 15 is 0 Å². The van der Waals surface area contributed by atoms with Gasteiger partial charge in [-0.3, -0.25) is 4.79 Å². The molecule has 5 nitrogen and oxygen atoms in total. The molecular weight excluding hydrogens is 256 g/mol. The summed E-state index contributed by atoms with van der Waals surface area (Å²) in [5, 5.41) is 11.7. The molecule has 0 saturated heterocycles. The number of unbranched alkanes of at least 4 members (excludes halogenated alkanes) is 1. The Bertz CT molecular complexity index is 316. The van der Waals surface area contributed by atoms with Crippen LogP contribution in [0.15, 0.2) is 12.7 Å². The maximum Gasteiger partial charge on any atom is 0.317 e. The molecule has 0 aromatic rings. The van der Waals surface area contributed by atoms with E-state index in [9.17, 15) is 9.59 Å². The van der Waals surface area contributed by atoms with Gasteiger partial charge in [-0.2, -0.15) is 0 Å². The summed E-state index contributed by atoms with van der Waals surface area (Å²) in [6.07, 6.45) is 4.49. The van der Waals surface area contributed by atoms with Gasteiger partial charge in [-0.25, -0.2) is 4.79 Å². The molecule has 0 fully saturated rings. The summed E-state index contributed by atoms with van der Waals surface area (Å²) in [6.45, 7) is 8.83. The van der Waals surface area contributed by atoms with Crippen LogP contribution >= 0.6 is 0 Å². The molecule has 0 aliphatic rings. The van der Waals surface area contributed by atoms with Crippen LogP contribution in [0.4, 0.5) is 4.79 Å². The molecule has 0 aliphatic carbocycles. The number of carbonyl (C=O) groups excluding carboxylic acids is 1. The summed E-state index contributed by atoms with van der Waals surface area (Å²) in [7, 11) is 1.74. The number of allylic oxidation sites excluding steroid dienone is 1. The second-order valence-electron chi connectivity index (χ2n) is 5.63. The average Bonchev–Trinajstić information content (AvgIpc) is 2.34. The van der Waals surface area contributed by atoms with E-state index in [0.717, 1.165) is 19.3 Å². The molecule has 2 amide bonds. The number of urea groups is 1. The highest BCUT2D eigenvalue weighted by Crippen LogP contribution is 2.14. The first-order valence-electron chi connectivity index (χ1n) is 7.18. The largest absolute Gasteiger partial charge is 0.481 e. The predicted molar refractivity (Wildman–Crippen MR) is 80.7 cm³/mol. The van der Waals surface area contributed by atoms with Crippen molar-refractivity contribution in [2.45, 2.75) is 39.5 Å². The molecule has 0 heterocycles. The summed E-state index contributed by atoms with van der Waals surface area (Å²) < 4.78 is 0. The molecule has 1 atom stereocenters. The van der Waals surface area contributed by atoms with E-state index in [1.807, 2.05) is 6.08 Å². The molecule has 0 bridgehead atoms. The lowest BCUT2D eigenvalue weighted by atomic mass is 9.94. The minimum atomic E-state index is -0.816. The molecule has 0 saturated carbocycles. The van der Waals surface area contributed by atoms with E-state index in [1.165, 1.54) is 0 Å². The van der Waals surface area contributed by atoms with Crippen molar-refractivity contribution < 1.29 is 14.7 Å². The Kier molecular flexibility index (Phi) is 9.51. The first-order valence-corrected chi connectivity index (χ1v) is 7.18. The van der Waals surface area contributed by atoms with Crippen molar-refractivity contribution in [3.05, 3.63) is 12.7 Å². The second kappa shape index (κ2) is 10.3. The van der Waals surface area contributed by atoms with Crippen molar-refractivity contribution in [2.75, 3.05) is 20.1 Å². The van der Waals surface area contributed by atoms with Crippen molar-refractivity contribution in [1.82, 2.24) is 10.2 Å². The molecule has 116 valence electrons. The van der Waals surface area contributed by atoms with Crippen LogP contribution in [0.5, 0.6) is 0 Å². The highest BCUT2D eigenvalue weighted by Gasteiger charge is 2.17. The van der Waals surface area contributed by atoms with Crippen LogP contribution < -0.4 is 5.32 Å². The standard InChI is InChI=1S/C15H28N2O3/c1-5-6-7-8-17(4)15(20)16-11-13(9-12(2)3)10-14(18)19/h5,12-13H,1,6-11H2,2-4H3,(H,16,20)(H,18,19)/t13-/m0/s1. The van der Waals surface area contributed by atoms with Crippen molar-refractivity contribution in [1.29, 1.82) is 0 Å². The third-order valence-electron chi connectivity index (χ3n) is 3.06. The van der Waals surface area contributed by atoms with Gasteiger partial charge in [-0.1, -0.05) is 19.9 Å². The first-order chi connectivity index (χ1) is 9.36. The van der Waals surface area contributed by atoms with Crippen LogP contribution in [0.25, 0.3) is 0 Å². The Morgan fingerprint density at radius 2 is 2.05 bits per heavy atom. The van der Waals surface area contributed by atoms with Crippen molar-refractivity contribution in [2.24, 2.45) is 11.8 Å². The van der Waals surface area contributed by atoms with E-state index in [0.29, 0.717) is 19.0 Å². The van der Waals surface area contributed by atoms with Gasteiger partial charge in [-0.15, -0.1) is 6.58 Å². The first kappa shape index (κ1) is 18.5. The Hall–Kier alpha value is -1.52. The van der Waals surface area contributed by atoms with Crippen molar-refractivity contribution >= 4 is 12.0 Å². The van der Waals surface area contributed by atoms with Gasteiger partial charge in [-0.05, 0) is 31.1 Å². The van der Waals surface area contributed by atoms with Gasteiger partial charge in [0.05, 0.1) is 0 Å². The van der Waals surface area contributed by atoms with Crippen LogP contribution in [0, 0.1) is 11.8 Å². The maximum atomic E-state index is 11.9. The number of amides is 2. The monoisotopic (exact) mass is 284 g/mol. The summed E-state index contributed by atoms with van der Waals surface area (Å²) >= 11 is 0. The van der Waals surface area contributed by atoms with Gasteiger partial charge in [0.1, 0.15) is 0 Å². The number of nitrogens with zero attached hydrogens (tertiary/aromatic N) is 1. The quantitative estimate of drug-likeness (QED) is 0.479.